The molecule has 1 atom stereocenters. The van der Waals surface area contributed by atoms with Gasteiger partial charge in [-0.2, -0.15) is 5.10 Å². The van der Waals surface area contributed by atoms with Gasteiger partial charge in [-0.3, -0.25) is 4.79 Å². The van der Waals surface area contributed by atoms with Crippen LogP contribution in [0.15, 0.2) is 60.8 Å². The summed E-state index contributed by atoms with van der Waals surface area (Å²) in [6.07, 6.45) is 5.91. The predicted molar refractivity (Wildman–Crippen MR) is 118 cm³/mol. The summed E-state index contributed by atoms with van der Waals surface area (Å²) < 4.78 is 3.36. The maximum atomic E-state index is 11.6. The van der Waals surface area contributed by atoms with Crippen molar-refractivity contribution >= 4 is 27.3 Å². The number of hydrogen-bond acceptors (Lipinski definition) is 3. The van der Waals surface area contributed by atoms with Crippen LogP contribution in [0.5, 0.6) is 0 Å². The van der Waals surface area contributed by atoms with E-state index in [9.17, 15) is 4.79 Å². The fourth-order valence-corrected chi connectivity index (χ4v) is 5.50. The van der Waals surface area contributed by atoms with E-state index < -0.39 is 0 Å². The van der Waals surface area contributed by atoms with Crippen molar-refractivity contribution in [1.29, 1.82) is 0 Å². The first kappa shape index (κ1) is 18.1. The van der Waals surface area contributed by atoms with Gasteiger partial charge in [-0.25, -0.2) is 4.68 Å². The fourth-order valence-electron chi connectivity index (χ4n) is 4.31. The molecule has 0 saturated heterocycles. The lowest BCUT2D eigenvalue weighted by Crippen LogP contribution is -2.28. The minimum Gasteiger partial charge on any atom is -0.349 e. The summed E-state index contributed by atoms with van der Waals surface area (Å²) in [5.41, 5.74) is 4.84. The number of nitrogens with one attached hydrogen (secondary N) is 1. The van der Waals surface area contributed by atoms with E-state index in [1.54, 1.807) is 6.92 Å². The highest BCUT2D eigenvalue weighted by molar-refractivity contribution is 7.19. The minimum absolute atomic E-state index is 0.0153. The Balaban J connectivity index is 1.54. The van der Waals surface area contributed by atoms with Crippen LogP contribution in [0.4, 0.5) is 0 Å². The van der Waals surface area contributed by atoms with Gasteiger partial charge in [0.1, 0.15) is 0 Å². The zero-order valence-corrected chi connectivity index (χ0v) is 17.2. The molecular formula is C24H23N3OS. The number of amides is 1. The Morgan fingerprint density at radius 3 is 2.90 bits per heavy atom. The average molecular weight is 402 g/mol. The maximum absolute atomic E-state index is 11.6. The van der Waals surface area contributed by atoms with Crippen LogP contribution in [-0.4, -0.2) is 15.7 Å². The average Bonchev–Trinajstić information content (AvgIpc) is 3.32. The van der Waals surface area contributed by atoms with E-state index in [0.29, 0.717) is 0 Å². The Morgan fingerprint density at radius 1 is 1.21 bits per heavy atom. The van der Waals surface area contributed by atoms with E-state index in [1.807, 2.05) is 17.5 Å². The second kappa shape index (κ2) is 7.48. The summed E-state index contributed by atoms with van der Waals surface area (Å²) in [7, 11) is 0. The summed E-state index contributed by atoms with van der Waals surface area (Å²) in [4.78, 5) is 12.9. The molecule has 5 rings (SSSR count). The Hall–Kier alpha value is -2.92. The Morgan fingerprint density at radius 2 is 2.07 bits per heavy atom. The highest BCUT2D eigenvalue weighted by Crippen LogP contribution is 2.36. The van der Waals surface area contributed by atoms with Crippen LogP contribution in [0.1, 0.15) is 47.5 Å². The van der Waals surface area contributed by atoms with Gasteiger partial charge in [0.15, 0.2) is 0 Å². The standard InChI is InChI=1S/C24H23N3OS/c1-16(28)26-21-10-6-11-22-20(21)15-25-27(22)23-12-5-9-18-14-19(29-24(18)23)13-17-7-3-2-4-8-17/h2-5,7-9,12,14-15,21H,6,10-11,13H2,1H3,(H,26,28). The van der Waals surface area contributed by atoms with Crippen molar-refractivity contribution in [2.24, 2.45) is 0 Å². The van der Waals surface area contributed by atoms with Crippen LogP contribution in [0, 0.1) is 0 Å². The second-order valence-electron chi connectivity index (χ2n) is 7.67. The molecule has 1 aliphatic rings. The molecular weight excluding hydrogens is 378 g/mol. The van der Waals surface area contributed by atoms with Crippen LogP contribution in [-0.2, 0) is 17.6 Å². The lowest BCUT2D eigenvalue weighted by molar-refractivity contribution is -0.119. The zero-order chi connectivity index (χ0) is 19.8. The molecule has 1 unspecified atom stereocenters. The van der Waals surface area contributed by atoms with Crippen LogP contribution >= 0.6 is 11.3 Å². The first-order valence-corrected chi connectivity index (χ1v) is 10.9. The topological polar surface area (TPSA) is 46.9 Å². The van der Waals surface area contributed by atoms with Gasteiger partial charge < -0.3 is 5.32 Å². The number of fused-ring (bicyclic) bond motifs is 2. The van der Waals surface area contributed by atoms with Crippen molar-refractivity contribution in [3.8, 4) is 5.69 Å². The first-order valence-electron chi connectivity index (χ1n) is 10.1. The Kier molecular flexibility index (Phi) is 4.68. The van der Waals surface area contributed by atoms with Gasteiger partial charge in [0.2, 0.25) is 5.91 Å². The monoisotopic (exact) mass is 401 g/mol. The molecule has 2 aromatic carbocycles. The predicted octanol–water partition coefficient (Wildman–Crippen LogP) is 5.19. The van der Waals surface area contributed by atoms with Gasteiger partial charge >= 0.3 is 0 Å². The number of thiophene rings is 1. The van der Waals surface area contributed by atoms with Crippen molar-refractivity contribution in [3.05, 3.63) is 82.5 Å². The molecule has 4 aromatic rings. The maximum Gasteiger partial charge on any atom is 0.217 e. The fraction of sp³-hybridized carbons (Fsp3) is 0.250. The normalized spacial score (nSPS) is 16.0. The van der Waals surface area contributed by atoms with Gasteiger partial charge in [0.05, 0.1) is 22.6 Å². The molecule has 0 spiro atoms. The van der Waals surface area contributed by atoms with Gasteiger partial charge in [0, 0.05) is 29.5 Å². The van der Waals surface area contributed by atoms with Gasteiger partial charge in [-0.05, 0) is 42.3 Å². The van der Waals surface area contributed by atoms with Crippen molar-refractivity contribution in [1.82, 2.24) is 15.1 Å². The first-order chi connectivity index (χ1) is 14.2. The van der Waals surface area contributed by atoms with Gasteiger partial charge in [-0.1, -0.05) is 42.5 Å². The minimum atomic E-state index is 0.0153. The third kappa shape index (κ3) is 3.47. The molecule has 2 aromatic heterocycles. The van der Waals surface area contributed by atoms with E-state index in [1.165, 1.54) is 26.2 Å². The molecule has 2 heterocycles. The van der Waals surface area contributed by atoms with Crippen molar-refractivity contribution in [3.63, 3.8) is 0 Å². The second-order valence-corrected chi connectivity index (χ2v) is 8.81. The Bertz CT molecular complexity index is 1180. The number of hydrogen-bond donors (Lipinski definition) is 1. The van der Waals surface area contributed by atoms with Gasteiger partial charge in [-0.15, -0.1) is 11.3 Å². The van der Waals surface area contributed by atoms with Crippen LogP contribution in [0.3, 0.4) is 0 Å². The lowest BCUT2D eigenvalue weighted by atomic mass is 9.93. The molecule has 1 N–H and O–H groups in total. The lowest BCUT2D eigenvalue weighted by Gasteiger charge is -2.23. The molecule has 29 heavy (non-hydrogen) atoms. The number of benzene rings is 2. The largest absolute Gasteiger partial charge is 0.349 e. The Labute approximate surface area is 174 Å². The third-order valence-electron chi connectivity index (χ3n) is 5.58. The van der Waals surface area contributed by atoms with Crippen molar-refractivity contribution in [2.45, 2.75) is 38.6 Å². The highest BCUT2D eigenvalue weighted by atomic mass is 32.1. The van der Waals surface area contributed by atoms with E-state index >= 15 is 0 Å². The summed E-state index contributed by atoms with van der Waals surface area (Å²) in [5.74, 6) is 0.0153. The number of aromatic nitrogens is 2. The molecule has 1 aliphatic carbocycles. The van der Waals surface area contributed by atoms with E-state index in [2.05, 4.69) is 64.6 Å². The van der Waals surface area contributed by atoms with Crippen LogP contribution in [0.25, 0.3) is 15.8 Å². The summed E-state index contributed by atoms with van der Waals surface area (Å²) in [6.45, 7) is 1.58. The number of carbonyl (C=O) groups is 1. The third-order valence-corrected chi connectivity index (χ3v) is 6.76. The molecule has 5 heteroatoms. The molecule has 0 radical (unpaired) electrons. The summed E-state index contributed by atoms with van der Waals surface area (Å²) in [6, 6.07) is 19.4. The molecule has 1 amide bonds. The molecule has 0 aliphatic heterocycles. The quantitative estimate of drug-likeness (QED) is 0.511. The van der Waals surface area contributed by atoms with Gasteiger partial charge in [0.25, 0.3) is 0 Å². The molecule has 0 bridgehead atoms. The zero-order valence-electron chi connectivity index (χ0n) is 16.4. The van der Waals surface area contributed by atoms with Crippen molar-refractivity contribution < 1.29 is 4.79 Å². The molecule has 4 nitrogen and oxygen atoms in total. The van der Waals surface area contributed by atoms with E-state index in [4.69, 9.17) is 5.10 Å². The highest BCUT2D eigenvalue weighted by Gasteiger charge is 2.26. The smallest absolute Gasteiger partial charge is 0.217 e. The summed E-state index contributed by atoms with van der Waals surface area (Å²) >= 11 is 1.85. The van der Waals surface area contributed by atoms with Crippen LogP contribution in [0.2, 0.25) is 0 Å². The van der Waals surface area contributed by atoms with E-state index in [0.717, 1.165) is 36.9 Å². The van der Waals surface area contributed by atoms with Crippen LogP contribution < -0.4 is 5.32 Å². The number of carbonyl (C=O) groups excluding carboxylic acids is 1. The van der Waals surface area contributed by atoms with Crippen molar-refractivity contribution in [2.75, 3.05) is 0 Å². The SMILES string of the molecule is CC(=O)NC1CCCc2c1cnn2-c1cccc2cc(Cc3ccccc3)sc12. The summed E-state index contributed by atoms with van der Waals surface area (Å²) in [5, 5.41) is 9.08. The van der Waals surface area contributed by atoms with E-state index in [-0.39, 0.29) is 11.9 Å². The number of nitrogens with zero attached hydrogens (tertiary/aromatic N) is 2. The molecule has 0 saturated carbocycles. The molecule has 0 fully saturated rings. The molecule has 146 valence electrons. The number of rotatable bonds is 4.